The summed E-state index contributed by atoms with van der Waals surface area (Å²) in [5.74, 6) is 0. The SMILES string of the molecule is C1=CC2=C(CC1)C1C(S2)c2sc3ccccc3c2N1c1ccc(N(c2ccc(-c3ccccc3)cc2)c2ccc(-c3cccc4c3sc3ccccc34)cc2)cc1. The van der Waals surface area contributed by atoms with Gasteiger partial charge in [0.25, 0.3) is 0 Å². The summed E-state index contributed by atoms with van der Waals surface area (Å²) in [6.07, 6.45) is 7.00. The molecular formula is C52H36N2S3. The zero-order valence-electron chi connectivity index (χ0n) is 31.0. The van der Waals surface area contributed by atoms with Crippen LogP contribution in [0.25, 0.3) is 52.5 Å². The topological polar surface area (TPSA) is 6.48 Å². The van der Waals surface area contributed by atoms with E-state index < -0.39 is 0 Å². The highest BCUT2D eigenvalue weighted by Crippen LogP contribution is 2.64. The van der Waals surface area contributed by atoms with Crippen molar-refractivity contribution in [2.75, 3.05) is 9.80 Å². The Morgan fingerprint density at radius 3 is 1.89 bits per heavy atom. The highest BCUT2D eigenvalue weighted by atomic mass is 32.2. The fraction of sp³-hybridized carbons (Fsp3) is 0.0769. The molecule has 0 bridgehead atoms. The van der Waals surface area contributed by atoms with E-state index in [0.29, 0.717) is 11.3 Å². The number of hydrogen-bond donors (Lipinski definition) is 0. The van der Waals surface area contributed by atoms with Crippen molar-refractivity contribution in [3.8, 4) is 22.3 Å². The Labute approximate surface area is 344 Å². The summed E-state index contributed by atoms with van der Waals surface area (Å²) in [6.45, 7) is 0. The van der Waals surface area contributed by atoms with Crippen LogP contribution in [0.2, 0.25) is 0 Å². The second kappa shape index (κ2) is 13.4. The van der Waals surface area contributed by atoms with Crippen LogP contribution >= 0.6 is 34.4 Å². The molecule has 272 valence electrons. The lowest BCUT2D eigenvalue weighted by atomic mass is 9.95. The Balaban J connectivity index is 0.953. The van der Waals surface area contributed by atoms with Crippen LogP contribution in [0, 0.1) is 0 Å². The smallest absolute Gasteiger partial charge is 0.0738 e. The van der Waals surface area contributed by atoms with E-state index in [2.05, 4.69) is 204 Å². The molecule has 57 heavy (non-hydrogen) atoms. The lowest BCUT2D eigenvalue weighted by molar-refractivity contribution is 0.736. The second-order valence-electron chi connectivity index (χ2n) is 15.1. The predicted molar refractivity (Wildman–Crippen MR) is 248 cm³/mol. The van der Waals surface area contributed by atoms with Crippen LogP contribution in [0.15, 0.2) is 192 Å². The highest BCUT2D eigenvalue weighted by Gasteiger charge is 2.49. The van der Waals surface area contributed by atoms with Crippen molar-refractivity contribution in [1.29, 1.82) is 0 Å². The Bertz CT molecular complexity index is 3040. The lowest BCUT2D eigenvalue weighted by Gasteiger charge is -2.31. The zero-order chi connectivity index (χ0) is 37.5. The maximum absolute atomic E-state index is 2.68. The van der Waals surface area contributed by atoms with Crippen molar-refractivity contribution in [3.05, 3.63) is 197 Å². The van der Waals surface area contributed by atoms with Crippen LogP contribution in [0.4, 0.5) is 28.4 Å². The molecule has 2 atom stereocenters. The largest absolute Gasteiger partial charge is 0.331 e. The molecule has 0 saturated carbocycles. The molecule has 0 N–H and O–H groups in total. The summed E-state index contributed by atoms with van der Waals surface area (Å²) in [5.41, 5.74) is 12.6. The van der Waals surface area contributed by atoms with Crippen LogP contribution in [0.3, 0.4) is 0 Å². The van der Waals surface area contributed by atoms with Crippen LogP contribution < -0.4 is 9.80 Å². The Morgan fingerprint density at radius 2 is 1.14 bits per heavy atom. The fourth-order valence-electron chi connectivity index (χ4n) is 9.27. The molecule has 0 fully saturated rings. The average Bonchev–Trinajstić information content (AvgIpc) is 4.03. The molecular weight excluding hydrogens is 749 g/mol. The third-order valence-corrected chi connectivity index (χ3v) is 15.9. The second-order valence-corrected chi connectivity index (χ2v) is 18.4. The maximum Gasteiger partial charge on any atom is 0.0738 e. The summed E-state index contributed by atoms with van der Waals surface area (Å²) in [4.78, 5) is 8.08. The van der Waals surface area contributed by atoms with Crippen molar-refractivity contribution >= 4 is 93.1 Å². The first-order chi connectivity index (χ1) is 28.3. The molecule has 9 aromatic rings. The van der Waals surface area contributed by atoms with Gasteiger partial charge in [0.15, 0.2) is 0 Å². The highest BCUT2D eigenvalue weighted by molar-refractivity contribution is 8.04. The number of rotatable bonds is 6. The molecule has 2 aromatic heterocycles. The Hall–Kier alpha value is -5.85. The number of thiophene rings is 2. The first kappa shape index (κ1) is 33.3. The van der Waals surface area contributed by atoms with E-state index in [-0.39, 0.29) is 0 Å². The predicted octanol–water partition coefficient (Wildman–Crippen LogP) is 16.0. The van der Waals surface area contributed by atoms with E-state index in [4.69, 9.17) is 0 Å². The van der Waals surface area contributed by atoms with Crippen LogP contribution in [0.1, 0.15) is 23.0 Å². The van der Waals surface area contributed by atoms with E-state index in [9.17, 15) is 0 Å². The normalized spacial score (nSPS) is 17.1. The fourth-order valence-corrected chi connectivity index (χ4v) is 13.5. The number of fused-ring (bicyclic) bond motifs is 9. The lowest BCUT2D eigenvalue weighted by Crippen LogP contribution is -2.29. The summed E-state index contributed by atoms with van der Waals surface area (Å²) < 4.78 is 4.05. The summed E-state index contributed by atoms with van der Waals surface area (Å²) >= 11 is 5.95. The van der Waals surface area contributed by atoms with Gasteiger partial charge in [-0.15, -0.1) is 34.4 Å². The average molecular weight is 785 g/mol. The first-order valence-corrected chi connectivity index (χ1v) is 22.2. The molecule has 12 rings (SSSR count). The van der Waals surface area contributed by atoms with E-state index in [1.807, 2.05) is 22.7 Å². The summed E-state index contributed by atoms with van der Waals surface area (Å²) in [6, 6.07) is 63.0. The molecule has 0 spiro atoms. The molecule has 4 heterocycles. The van der Waals surface area contributed by atoms with Crippen molar-refractivity contribution in [2.45, 2.75) is 24.1 Å². The molecule has 2 aliphatic heterocycles. The third kappa shape index (κ3) is 5.37. The monoisotopic (exact) mass is 784 g/mol. The van der Waals surface area contributed by atoms with E-state index in [1.165, 1.54) is 73.7 Å². The number of allylic oxidation sites excluding steroid dienone is 2. The minimum Gasteiger partial charge on any atom is -0.331 e. The molecule has 2 nitrogen and oxygen atoms in total. The number of nitrogens with zero attached hydrogens (tertiary/aromatic N) is 2. The van der Waals surface area contributed by atoms with Crippen LogP contribution in [-0.4, -0.2) is 6.04 Å². The minimum atomic E-state index is 0.353. The zero-order valence-corrected chi connectivity index (χ0v) is 33.5. The molecule has 7 aromatic carbocycles. The summed E-state index contributed by atoms with van der Waals surface area (Å²) in [7, 11) is 0. The quantitative estimate of drug-likeness (QED) is 0.166. The number of anilines is 5. The van der Waals surface area contributed by atoms with Gasteiger partial charge in [0.05, 0.1) is 17.0 Å². The van der Waals surface area contributed by atoms with Crippen molar-refractivity contribution in [2.24, 2.45) is 0 Å². The van der Waals surface area contributed by atoms with Gasteiger partial charge in [-0.2, -0.15) is 0 Å². The van der Waals surface area contributed by atoms with Gasteiger partial charge in [0.1, 0.15) is 0 Å². The Morgan fingerprint density at radius 1 is 0.526 bits per heavy atom. The molecule has 2 unspecified atom stereocenters. The van der Waals surface area contributed by atoms with Gasteiger partial charge >= 0.3 is 0 Å². The van der Waals surface area contributed by atoms with Crippen molar-refractivity contribution < 1.29 is 0 Å². The molecule has 3 aliphatic rings. The van der Waals surface area contributed by atoms with Crippen molar-refractivity contribution in [3.63, 3.8) is 0 Å². The Kier molecular flexibility index (Phi) is 7.82. The van der Waals surface area contributed by atoms with Crippen LogP contribution in [0.5, 0.6) is 0 Å². The maximum atomic E-state index is 2.68. The number of benzene rings is 7. The summed E-state index contributed by atoms with van der Waals surface area (Å²) in [5, 5.41) is 4.46. The molecule has 0 saturated heterocycles. The van der Waals surface area contributed by atoms with Crippen molar-refractivity contribution in [1.82, 2.24) is 0 Å². The minimum absolute atomic E-state index is 0.353. The van der Waals surface area contributed by atoms with Crippen LogP contribution in [-0.2, 0) is 0 Å². The molecule has 0 amide bonds. The van der Waals surface area contributed by atoms with E-state index in [0.717, 1.165) is 29.9 Å². The first-order valence-electron chi connectivity index (χ1n) is 19.7. The number of hydrogen-bond acceptors (Lipinski definition) is 5. The van der Waals surface area contributed by atoms with Gasteiger partial charge in [-0.1, -0.05) is 121 Å². The van der Waals surface area contributed by atoms with Gasteiger partial charge in [-0.05, 0) is 101 Å². The molecule has 5 heteroatoms. The van der Waals surface area contributed by atoms with E-state index in [1.54, 1.807) is 5.57 Å². The standard InChI is InChI=1S/C52H36N2S3/c1-2-11-33(12-3-1)34-21-25-36(26-22-34)53(37-27-23-35(24-28-37)40-16-10-17-42-41-13-4-7-18-45(41)55-50(40)42)38-29-31-39(32-30-38)54-48-43-14-5-8-19-46(43)56-51(48)52-49(54)44-15-6-9-20-47(44)57-52/h1-5,7-14,16-32,49,52H,6,15H2. The molecule has 1 aliphatic carbocycles. The van der Waals surface area contributed by atoms with Gasteiger partial charge in [-0.3, -0.25) is 0 Å². The molecule has 0 radical (unpaired) electrons. The third-order valence-electron chi connectivity index (χ3n) is 11.9. The number of thioether (sulfide) groups is 1. The van der Waals surface area contributed by atoms with Gasteiger partial charge in [0, 0.05) is 62.8 Å². The van der Waals surface area contributed by atoms with Gasteiger partial charge < -0.3 is 9.80 Å². The van der Waals surface area contributed by atoms with Gasteiger partial charge in [-0.25, -0.2) is 0 Å². The van der Waals surface area contributed by atoms with Gasteiger partial charge in [0.2, 0.25) is 0 Å². The van der Waals surface area contributed by atoms with E-state index >= 15 is 0 Å².